The lowest BCUT2D eigenvalue weighted by Crippen LogP contribution is -2.46. The fraction of sp³-hybridized carbons (Fsp3) is 0.462. The zero-order valence-corrected chi connectivity index (χ0v) is 13.0. The van der Waals surface area contributed by atoms with Gasteiger partial charge in [0.15, 0.2) is 0 Å². The highest BCUT2D eigenvalue weighted by atomic mass is 35.5. The van der Waals surface area contributed by atoms with Crippen molar-refractivity contribution in [2.24, 2.45) is 0 Å². The molecule has 6 nitrogen and oxygen atoms in total. The summed E-state index contributed by atoms with van der Waals surface area (Å²) in [6.45, 7) is 4.62. The maximum absolute atomic E-state index is 12.2. The highest BCUT2D eigenvalue weighted by molar-refractivity contribution is 7.89. The maximum atomic E-state index is 12.2. The van der Waals surface area contributed by atoms with Crippen molar-refractivity contribution in [2.75, 3.05) is 39.3 Å². The van der Waals surface area contributed by atoms with Gasteiger partial charge >= 0.3 is 0 Å². The van der Waals surface area contributed by atoms with Crippen LogP contribution in [0.4, 0.5) is 0 Å². The second-order valence-corrected chi connectivity index (χ2v) is 6.89. The average Bonchev–Trinajstić information content (AvgIpc) is 2.48. The number of rotatable bonds is 5. The third-order valence-corrected chi connectivity index (χ3v) is 5.22. The molecule has 0 unspecified atom stereocenters. The molecular weight excluding hydrogens is 312 g/mol. The Morgan fingerprint density at radius 3 is 2.76 bits per heavy atom. The molecule has 0 atom stereocenters. The summed E-state index contributed by atoms with van der Waals surface area (Å²) in [7, 11) is -3.70. The molecule has 1 fully saturated rings. The lowest BCUT2D eigenvalue weighted by Gasteiger charge is -2.27. The van der Waals surface area contributed by atoms with Gasteiger partial charge < -0.3 is 5.32 Å². The van der Waals surface area contributed by atoms with Gasteiger partial charge in [0.25, 0.3) is 0 Å². The molecule has 21 heavy (non-hydrogen) atoms. The number of nitriles is 1. The molecule has 1 saturated heterocycles. The van der Waals surface area contributed by atoms with E-state index >= 15 is 0 Å². The Kier molecular flexibility index (Phi) is 5.56. The summed E-state index contributed by atoms with van der Waals surface area (Å²) in [4.78, 5) is 2.13. The number of halogens is 1. The van der Waals surface area contributed by atoms with Crippen molar-refractivity contribution in [1.82, 2.24) is 14.9 Å². The number of nitrogens with one attached hydrogen (secondary N) is 2. The van der Waals surface area contributed by atoms with Gasteiger partial charge in [-0.05, 0) is 18.2 Å². The monoisotopic (exact) mass is 328 g/mol. The van der Waals surface area contributed by atoms with Gasteiger partial charge in [-0.3, -0.25) is 4.90 Å². The van der Waals surface area contributed by atoms with E-state index in [0.29, 0.717) is 13.1 Å². The van der Waals surface area contributed by atoms with Crippen LogP contribution in [0.25, 0.3) is 0 Å². The summed E-state index contributed by atoms with van der Waals surface area (Å²) in [5, 5.41) is 12.2. The standard InChI is InChI=1S/C13H17ClN4O2S/c14-12-2-1-11(10-15)9-13(12)21(19,20)17-5-8-18-6-3-16-4-7-18/h1-2,9,16-17H,3-8H2. The topological polar surface area (TPSA) is 85.2 Å². The van der Waals surface area contributed by atoms with Gasteiger partial charge in [0.05, 0.1) is 16.7 Å². The van der Waals surface area contributed by atoms with Crippen LogP contribution in [0.5, 0.6) is 0 Å². The van der Waals surface area contributed by atoms with Gasteiger partial charge in [0, 0.05) is 39.3 Å². The van der Waals surface area contributed by atoms with Crippen LogP contribution in [0.2, 0.25) is 5.02 Å². The van der Waals surface area contributed by atoms with Crippen LogP contribution in [0.3, 0.4) is 0 Å². The maximum Gasteiger partial charge on any atom is 0.242 e. The molecule has 0 saturated carbocycles. The van der Waals surface area contributed by atoms with E-state index in [0.717, 1.165) is 26.2 Å². The lowest BCUT2D eigenvalue weighted by atomic mass is 10.2. The highest BCUT2D eigenvalue weighted by Crippen LogP contribution is 2.22. The van der Waals surface area contributed by atoms with Gasteiger partial charge in [-0.15, -0.1) is 0 Å². The summed E-state index contributed by atoms with van der Waals surface area (Å²) in [6, 6.07) is 6.11. The van der Waals surface area contributed by atoms with Crippen LogP contribution in [-0.2, 0) is 10.0 Å². The predicted molar refractivity (Wildman–Crippen MR) is 80.7 cm³/mol. The smallest absolute Gasteiger partial charge is 0.242 e. The first-order valence-corrected chi connectivity index (χ1v) is 8.51. The second-order valence-electron chi connectivity index (χ2n) is 4.75. The summed E-state index contributed by atoms with van der Waals surface area (Å²) in [5.74, 6) is 0. The number of benzene rings is 1. The summed E-state index contributed by atoms with van der Waals surface area (Å²) in [5.41, 5.74) is 0.266. The minimum Gasteiger partial charge on any atom is -0.314 e. The highest BCUT2D eigenvalue weighted by Gasteiger charge is 2.19. The number of nitrogens with zero attached hydrogens (tertiary/aromatic N) is 2. The molecule has 114 valence electrons. The molecule has 1 aromatic rings. The first kappa shape index (κ1) is 16.2. The van der Waals surface area contributed by atoms with E-state index in [-0.39, 0.29) is 15.5 Å². The molecule has 1 heterocycles. The fourth-order valence-corrected chi connectivity index (χ4v) is 3.67. The van der Waals surface area contributed by atoms with Gasteiger partial charge in [-0.2, -0.15) is 5.26 Å². The van der Waals surface area contributed by atoms with E-state index in [1.165, 1.54) is 18.2 Å². The number of sulfonamides is 1. The molecule has 1 aromatic carbocycles. The van der Waals surface area contributed by atoms with Crippen LogP contribution in [-0.4, -0.2) is 52.6 Å². The minimum absolute atomic E-state index is 0.0523. The Labute approximate surface area is 129 Å². The van der Waals surface area contributed by atoms with Crippen molar-refractivity contribution >= 4 is 21.6 Å². The van der Waals surface area contributed by atoms with Crippen molar-refractivity contribution in [3.63, 3.8) is 0 Å². The van der Waals surface area contributed by atoms with E-state index < -0.39 is 10.0 Å². The van der Waals surface area contributed by atoms with Crippen LogP contribution >= 0.6 is 11.6 Å². The van der Waals surface area contributed by atoms with Gasteiger partial charge in [-0.1, -0.05) is 11.6 Å². The molecular formula is C13H17ClN4O2S. The van der Waals surface area contributed by atoms with Gasteiger partial charge in [-0.25, -0.2) is 13.1 Å². The average molecular weight is 329 g/mol. The van der Waals surface area contributed by atoms with Crippen molar-refractivity contribution in [3.05, 3.63) is 28.8 Å². The Bertz CT molecular complexity index is 636. The largest absolute Gasteiger partial charge is 0.314 e. The number of piperazine rings is 1. The SMILES string of the molecule is N#Cc1ccc(Cl)c(S(=O)(=O)NCCN2CCNCC2)c1. The molecule has 0 amide bonds. The molecule has 2 rings (SSSR count). The molecule has 8 heteroatoms. The van der Waals surface area contributed by atoms with Crippen molar-refractivity contribution < 1.29 is 8.42 Å². The normalized spacial score (nSPS) is 16.6. The van der Waals surface area contributed by atoms with E-state index in [1.807, 2.05) is 6.07 Å². The zero-order valence-electron chi connectivity index (χ0n) is 11.5. The number of hydrogen-bond donors (Lipinski definition) is 2. The van der Waals surface area contributed by atoms with Crippen molar-refractivity contribution in [2.45, 2.75) is 4.90 Å². The summed E-state index contributed by atoms with van der Waals surface area (Å²) < 4.78 is 27.0. The van der Waals surface area contributed by atoms with Crippen LogP contribution in [0, 0.1) is 11.3 Å². The van der Waals surface area contributed by atoms with Gasteiger partial charge in [0.1, 0.15) is 4.90 Å². The fourth-order valence-electron chi connectivity index (χ4n) is 2.13. The molecule has 0 bridgehead atoms. The molecule has 1 aliphatic rings. The van der Waals surface area contributed by atoms with Crippen LogP contribution in [0.15, 0.2) is 23.1 Å². The third kappa shape index (κ3) is 4.40. The van der Waals surface area contributed by atoms with E-state index in [9.17, 15) is 8.42 Å². The number of hydrogen-bond acceptors (Lipinski definition) is 5. The van der Waals surface area contributed by atoms with Crippen LogP contribution < -0.4 is 10.0 Å². The minimum atomic E-state index is -3.70. The first-order chi connectivity index (χ1) is 10.0. The predicted octanol–water partition coefficient (Wildman–Crippen LogP) is 0.395. The third-order valence-electron chi connectivity index (χ3n) is 3.28. The van der Waals surface area contributed by atoms with E-state index in [4.69, 9.17) is 16.9 Å². The molecule has 0 spiro atoms. The Balaban J connectivity index is 1.99. The molecule has 2 N–H and O–H groups in total. The Hall–Kier alpha value is -1.17. The van der Waals surface area contributed by atoms with Crippen molar-refractivity contribution in [3.8, 4) is 6.07 Å². The van der Waals surface area contributed by atoms with E-state index in [1.54, 1.807) is 0 Å². The van der Waals surface area contributed by atoms with Gasteiger partial charge in [0.2, 0.25) is 10.0 Å². The summed E-state index contributed by atoms with van der Waals surface area (Å²) in [6.07, 6.45) is 0. The Morgan fingerprint density at radius 2 is 2.10 bits per heavy atom. The Morgan fingerprint density at radius 1 is 1.38 bits per heavy atom. The van der Waals surface area contributed by atoms with Crippen molar-refractivity contribution in [1.29, 1.82) is 5.26 Å². The zero-order chi connectivity index (χ0) is 15.3. The lowest BCUT2D eigenvalue weighted by molar-refractivity contribution is 0.245. The molecule has 0 radical (unpaired) electrons. The molecule has 1 aliphatic heterocycles. The summed E-state index contributed by atoms with van der Waals surface area (Å²) >= 11 is 5.92. The molecule has 0 aromatic heterocycles. The van der Waals surface area contributed by atoms with E-state index in [2.05, 4.69) is 14.9 Å². The second kappa shape index (κ2) is 7.20. The van der Waals surface area contributed by atoms with Crippen LogP contribution in [0.1, 0.15) is 5.56 Å². The first-order valence-electron chi connectivity index (χ1n) is 6.65. The quantitative estimate of drug-likeness (QED) is 0.817. The molecule has 0 aliphatic carbocycles.